The van der Waals surface area contributed by atoms with Crippen molar-refractivity contribution in [3.8, 4) is 17.0 Å². The average molecular weight is 421 g/mol. The van der Waals surface area contributed by atoms with Gasteiger partial charge < -0.3 is 20.7 Å². The lowest BCUT2D eigenvalue weighted by Gasteiger charge is -2.49. The molecule has 0 atom stereocenters. The first-order chi connectivity index (χ1) is 14.5. The van der Waals surface area contributed by atoms with Gasteiger partial charge in [0.15, 0.2) is 0 Å². The number of hydrogen-bond donors (Lipinski definition) is 5. The van der Waals surface area contributed by atoms with Gasteiger partial charge in [0.05, 0.1) is 17.6 Å². The van der Waals surface area contributed by atoms with Crippen molar-refractivity contribution in [3.63, 3.8) is 0 Å². The number of aromatic hydroxyl groups is 1. The van der Waals surface area contributed by atoms with Crippen LogP contribution in [-0.4, -0.2) is 55.9 Å². The topological polar surface area (TPSA) is 112 Å². The van der Waals surface area contributed by atoms with E-state index in [1.165, 1.54) is 0 Å². The zero-order valence-corrected chi connectivity index (χ0v) is 18.9. The fourth-order valence-corrected chi connectivity index (χ4v) is 5.22. The van der Waals surface area contributed by atoms with Gasteiger partial charge in [0.1, 0.15) is 11.6 Å². The number of benzene rings is 1. The molecule has 2 aromatic rings. The molecule has 4 rings (SSSR count). The van der Waals surface area contributed by atoms with Crippen molar-refractivity contribution in [2.75, 3.05) is 7.05 Å². The summed E-state index contributed by atoms with van der Waals surface area (Å²) in [5.74, 6) is 0.433. The number of phenolic OH excluding ortho intramolecular Hbond substituents is 1. The van der Waals surface area contributed by atoms with Gasteiger partial charge in [-0.1, -0.05) is 0 Å². The molecule has 0 radical (unpaired) electrons. The highest BCUT2D eigenvalue weighted by Gasteiger charge is 2.39. The van der Waals surface area contributed by atoms with Crippen molar-refractivity contribution in [1.29, 1.82) is 10.8 Å². The number of phenols is 1. The summed E-state index contributed by atoms with van der Waals surface area (Å²) in [7, 11) is 1.95. The molecule has 164 valence electrons. The molecule has 1 aliphatic carbocycles. The van der Waals surface area contributed by atoms with Crippen LogP contribution in [0.15, 0.2) is 30.5 Å². The van der Waals surface area contributed by atoms with E-state index in [0.717, 1.165) is 41.6 Å². The van der Waals surface area contributed by atoms with Gasteiger partial charge in [0.25, 0.3) is 0 Å². The van der Waals surface area contributed by atoms with Gasteiger partial charge in [-0.15, -0.1) is 0 Å². The number of H-pyrrole nitrogens is 1. The van der Waals surface area contributed by atoms with Crippen LogP contribution in [0.1, 0.15) is 57.2 Å². The third-order valence-corrected chi connectivity index (χ3v) is 6.38. The monoisotopic (exact) mass is 420 g/mol. The molecular weight excluding hydrogens is 388 g/mol. The molecule has 1 saturated heterocycles. The molecule has 0 spiro atoms. The molecule has 0 bridgehead atoms. The van der Waals surface area contributed by atoms with Crippen LogP contribution in [0.3, 0.4) is 0 Å². The van der Waals surface area contributed by atoms with Gasteiger partial charge in [-0.3, -0.25) is 10.5 Å². The minimum absolute atomic E-state index is 0.00146. The van der Waals surface area contributed by atoms with Gasteiger partial charge >= 0.3 is 0 Å². The largest absolute Gasteiger partial charge is 0.507 e. The highest BCUT2D eigenvalue weighted by molar-refractivity contribution is 6.11. The third-order valence-electron chi connectivity index (χ3n) is 6.38. The zero-order valence-electron chi connectivity index (χ0n) is 18.9. The Balaban J connectivity index is 1.48. The van der Waals surface area contributed by atoms with E-state index < -0.39 is 0 Å². The number of amidine groups is 1. The summed E-state index contributed by atoms with van der Waals surface area (Å²) < 4.78 is 0. The first-order valence-corrected chi connectivity index (χ1v) is 10.7. The van der Waals surface area contributed by atoms with Crippen LogP contribution in [-0.2, 0) is 6.42 Å². The first kappa shape index (κ1) is 21.3. The molecule has 0 saturated carbocycles. The smallest absolute Gasteiger partial charge is 0.125 e. The number of fused-ring (bicyclic) bond motifs is 3. The van der Waals surface area contributed by atoms with Crippen LogP contribution in [0.5, 0.6) is 5.75 Å². The lowest BCUT2D eigenvalue weighted by molar-refractivity contribution is 0.114. The summed E-state index contributed by atoms with van der Waals surface area (Å²) in [6.07, 6.45) is 7.70. The Morgan fingerprint density at radius 2 is 1.81 bits per heavy atom. The van der Waals surface area contributed by atoms with Crippen LogP contribution < -0.4 is 5.32 Å². The van der Waals surface area contributed by atoms with Gasteiger partial charge in [0, 0.05) is 47.3 Å². The van der Waals surface area contributed by atoms with E-state index in [9.17, 15) is 5.11 Å². The number of allylic oxidation sites excluding steroid dienone is 1. The molecule has 1 aromatic heterocycles. The maximum Gasteiger partial charge on any atom is 0.125 e. The number of nitrogens with zero attached hydrogens (tertiary/aromatic N) is 2. The predicted octanol–water partition coefficient (Wildman–Crippen LogP) is 3.83. The number of piperidine rings is 1. The minimum Gasteiger partial charge on any atom is -0.507 e. The second kappa shape index (κ2) is 7.34. The summed E-state index contributed by atoms with van der Waals surface area (Å²) in [6.45, 7) is 8.80. The SMILES string of the molecule is CN(C(=N)/C=C\C(=N)c1cc2c(cc1O)-c1[nH]ncc1C2)C1CC(C)(C)NC(C)(C)C1. The van der Waals surface area contributed by atoms with Crippen molar-refractivity contribution in [2.45, 2.75) is 64.1 Å². The second-order valence-corrected chi connectivity index (χ2v) is 10.2. The normalized spacial score (nSPS) is 19.3. The quantitative estimate of drug-likeness (QED) is 0.326. The highest BCUT2D eigenvalue weighted by Crippen LogP contribution is 2.38. The van der Waals surface area contributed by atoms with Crippen LogP contribution in [0, 0.1) is 10.8 Å². The number of aromatic amines is 1. The molecule has 7 heteroatoms. The van der Waals surface area contributed by atoms with E-state index in [1.807, 2.05) is 18.0 Å². The maximum absolute atomic E-state index is 10.5. The van der Waals surface area contributed by atoms with E-state index in [4.69, 9.17) is 10.8 Å². The summed E-state index contributed by atoms with van der Waals surface area (Å²) in [5, 5.41) is 38.2. The molecular formula is C24H32N6O. The third kappa shape index (κ3) is 4.14. The van der Waals surface area contributed by atoms with Crippen LogP contribution in [0.2, 0.25) is 0 Å². The van der Waals surface area contributed by atoms with Gasteiger partial charge in [-0.2, -0.15) is 5.10 Å². The predicted molar refractivity (Wildman–Crippen MR) is 124 cm³/mol. The summed E-state index contributed by atoms with van der Waals surface area (Å²) in [5.41, 5.74) is 4.73. The van der Waals surface area contributed by atoms with Crippen molar-refractivity contribution >= 4 is 11.5 Å². The standard InChI is InChI=1S/C24H32N6O/c1-23(2)11-16(12-24(3,4)29-23)30(5)21(26)7-6-19(25)18-9-14-8-15-13-27-28-22(15)17(14)10-20(18)31/h6-7,9-10,13,16,25-26,29,31H,8,11-12H2,1-5H3,(H,27,28)/b7-6-,25-19?,26-21?. The van der Waals surface area contributed by atoms with E-state index >= 15 is 0 Å². The van der Waals surface area contributed by atoms with E-state index in [2.05, 4.69) is 43.2 Å². The van der Waals surface area contributed by atoms with Crippen LogP contribution in [0.25, 0.3) is 11.3 Å². The average Bonchev–Trinajstić information content (AvgIpc) is 3.23. The Labute approximate surface area is 183 Å². The lowest BCUT2D eigenvalue weighted by Crippen LogP contribution is -2.62. The number of aromatic nitrogens is 2. The molecule has 2 heterocycles. The van der Waals surface area contributed by atoms with Crippen LogP contribution in [0.4, 0.5) is 0 Å². The minimum atomic E-state index is 0.00146. The van der Waals surface area contributed by atoms with Crippen molar-refractivity contribution in [2.24, 2.45) is 0 Å². The van der Waals surface area contributed by atoms with E-state index in [-0.39, 0.29) is 28.6 Å². The molecule has 5 N–H and O–H groups in total. The molecule has 0 amide bonds. The Morgan fingerprint density at radius 1 is 1.13 bits per heavy atom. The lowest BCUT2D eigenvalue weighted by atomic mass is 9.79. The van der Waals surface area contributed by atoms with E-state index in [0.29, 0.717) is 11.4 Å². The van der Waals surface area contributed by atoms with E-state index in [1.54, 1.807) is 24.4 Å². The number of likely N-dealkylation sites (N-methyl/N-ethyl adjacent to an activating group) is 1. The van der Waals surface area contributed by atoms with Crippen molar-refractivity contribution < 1.29 is 5.11 Å². The van der Waals surface area contributed by atoms with Gasteiger partial charge in [-0.05, 0) is 70.4 Å². The van der Waals surface area contributed by atoms with Crippen molar-refractivity contribution in [3.05, 3.63) is 47.2 Å². The molecule has 1 fully saturated rings. The Bertz CT molecular complexity index is 1060. The number of hydrogen-bond acceptors (Lipinski definition) is 5. The fourth-order valence-electron chi connectivity index (χ4n) is 5.22. The summed E-state index contributed by atoms with van der Waals surface area (Å²) in [6, 6.07) is 3.82. The maximum atomic E-state index is 10.5. The number of rotatable bonds is 4. The summed E-state index contributed by atoms with van der Waals surface area (Å²) >= 11 is 0. The fraction of sp³-hybridized carbons (Fsp3) is 0.458. The highest BCUT2D eigenvalue weighted by atomic mass is 16.3. The molecule has 1 aromatic carbocycles. The number of nitrogens with one attached hydrogen (secondary N) is 4. The Hall–Kier alpha value is -2.93. The molecule has 1 aliphatic heterocycles. The van der Waals surface area contributed by atoms with Crippen LogP contribution >= 0.6 is 0 Å². The van der Waals surface area contributed by atoms with Crippen molar-refractivity contribution in [1.82, 2.24) is 20.4 Å². The van der Waals surface area contributed by atoms with Gasteiger partial charge in [-0.25, -0.2) is 0 Å². The second-order valence-electron chi connectivity index (χ2n) is 10.2. The molecule has 2 aliphatic rings. The van der Waals surface area contributed by atoms with Gasteiger partial charge in [0.2, 0.25) is 0 Å². The summed E-state index contributed by atoms with van der Waals surface area (Å²) in [4.78, 5) is 2.00. The zero-order chi connectivity index (χ0) is 22.6. The molecule has 7 nitrogen and oxygen atoms in total. The molecule has 31 heavy (non-hydrogen) atoms. The Morgan fingerprint density at radius 3 is 2.48 bits per heavy atom. The Kier molecular flexibility index (Phi) is 5.04. The molecule has 0 unspecified atom stereocenters. The first-order valence-electron chi connectivity index (χ1n) is 10.7.